The van der Waals surface area contributed by atoms with E-state index in [-0.39, 0.29) is 5.82 Å². The first-order chi connectivity index (χ1) is 9.04. The Bertz CT molecular complexity index is 747. The summed E-state index contributed by atoms with van der Waals surface area (Å²) in [5, 5.41) is 11.9. The molecule has 0 aliphatic heterocycles. The van der Waals surface area contributed by atoms with E-state index in [9.17, 15) is 9.50 Å². The molecule has 0 radical (unpaired) electrons. The lowest BCUT2D eigenvalue weighted by molar-refractivity contribution is 0.195. The second kappa shape index (κ2) is 4.43. The Balaban J connectivity index is 2.06. The lowest BCUT2D eigenvalue weighted by atomic mass is 10.2. The largest absolute Gasteiger partial charge is 0.458 e. The van der Waals surface area contributed by atoms with E-state index in [4.69, 9.17) is 4.42 Å². The molecule has 1 atom stereocenters. The Morgan fingerprint density at radius 3 is 2.79 bits per heavy atom. The number of hydrogen-bond acceptors (Lipinski definition) is 4. The SMILES string of the molecule is Cc1nc(C)c(C(O)c2cc3cc(F)ccc3o2)s1. The maximum absolute atomic E-state index is 13.1. The summed E-state index contributed by atoms with van der Waals surface area (Å²) in [6, 6.07) is 5.95. The molecule has 1 aromatic carbocycles. The van der Waals surface area contributed by atoms with Crippen LogP contribution >= 0.6 is 11.3 Å². The van der Waals surface area contributed by atoms with E-state index in [0.717, 1.165) is 15.6 Å². The Kier molecular flexibility index (Phi) is 2.88. The zero-order valence-electron chi connectivity index (χ0n) is 10.5. The number of rotatable bonds is 2. The number of aryl methyl sites for hydroxylation is 2. The van der Waals surface area contributed by atoms with Gasteiger partial charge < -0.3 is 9.52 Å². The number of aromatic nitrogens is 1. The summed E-state index contributed by atoms with van der Waals surface area (Å²) in [6.45, 7) is 3.74. The lowest BCUT2D eigenvalue weighted by Crippen LogP contribution is -1.97. The highest BCUT2D eigenvalue weighted by Gasteiger charge is 2.20. The fraction of sp³-hybridized carbons (Fsp3) is 0.214. The number of aliphatic hydroxyl groups is 1. The van der Waals surface area contributed by atoms with E-state index in [1.54, 1.807) is 12.1 Å². The van der Waals surface area contributed by atoms with E-state index in [2.05, 4.69) is 4.98 Å². The molecule has 2 aromatic heterocycles. The van der Waals surface area contributed by atoms with Crippen molar-refractivity contribution in [3.63, 3.8) is 0 Å². The topological polar surface area (TPSA) is 46.3 Å². The van der Waals surface area contributed by atoms with Crippen LogP contribution in [0.5, 0.6) is 0 Å². The zero-order valence-corrected chi connectivity index (χ0v) is 11.3. The van der Waals surface area contributed by atoms with Gasteiger partial charge in [-0.1, -0.05) is 0 Å². The van der Waals surface area contributed by atoms with Crippen LogP contribution in [0.15, 0.2) is 28.7 Å². The van der Waals surface area contributed by atoms with Crippen LogP contribution in [0.1, 0.15) is 27.4 Å². The highest BCUT2D eigenvalue weighted by atomic mass is 32.1. The van der Waals surface area contributed by atoms with Gasteiger partial charge in [-0.25, -0.2) is 9.37 Å². The van der Waals surface area contributed by atoms with Gasteiger partial charge in [0.05, 0.1) is 15.6 Å². The summed E-state index contributed by atoms with van der Waals surface area (Å²) in [5.41, 5.74) is 1.36. The van der Waals surface area contributed by atoms with Gasteiger partial charge in [-0.2, -0.15) is 0 Å². The van der Waals surface area contributed by atoms with Crippen molar-refractivity contribution in [2.45, 2.75) is 20.0 Å². The molecule has 3 nitrogen and oxygen atoms in total. The molecular weight excluding hydrogens is 265 g/mol. The molecule has 98 valence electrons. The molecule has 0 bridgehead atoms. The third-order valence-corrected chi connectivity index (χ3v) is 4.08. The number of thiazole rings is 1. The summed E-state index contributed by atoms with van der Waals surface area (Å²) in [4.78, 5) is 5.04. The number of benzene rings is 1. The van der Waals surface area contributed by atoms with E-state index in [0.29, 0.717) is 16.7 Å². The Morgan fingerprint density at radius 2 is 2.11 bits per heavy atom. The second-order valence-corrected chi connectivity index (χ2v) is 5.65. The molecule has 2 heterocycles. The summed E-state index contributed by atoms with van der Waals surface area (Å²) in [7, 11) is 0. The first-order valence-electron chi connectivity index (χ1n) is 5.85. The van der Waals surface area contributed by atoms with Crippen LogP contribution in [-0.2, 0) is 0 Å². The quantitative estimate of drug-likeness (QED) is 0.776. The monoisotopic (exact) mass is 277 g/mol. The fourth-order valence-corrected chi connectivity index (χ4v) is 3.02. The predicted molar refractivity (Wildman–Crippen MR) is 71.8 cm³/mol. The highest BCUT2D eigenvalue weighted by Crippen LogP contribution is 2.33. The Labute approximate surface area is 113 Å². The molecule has 19 heavy (non-hydrogen) atoms. The van der Waals surface area contributed by atoms with Crippen molar-refractivity contribution in [2.24, 2.45) is 0 Å². The second-order valence-electron chi connectivity index (χ2n) is 4.42. The zero-order chi connectivity index (χ0) is 13.6. The van der Waals surface area contributed by atoms with Crippen LogP contribution < -0.4 is 0 Å². The van der Waals surface area contributed by atoms with Crippen LogP contribution in [-0.4, -0.2) is 10.1 Å². The molecule has 0 saturated carbocycles. The first-order valence-corrected chi connectivity index (χ1v) is 6.67. The van der Waals surface area contributed by atoms with E-state index < -0.39 is 6.10 Å². The third kappa shape index (κ3) is 2.15. The van der Waals surface area contributed by atoms with Crippen LogP contribution in [0.25, 0.3) is 11.0 Å². The lowest BCUT2D eigenvalue weighted by Gasteiger charge is -2.04. The number of hydrogen-bond donors (Lipinski definition) is 1. The van der Waals surface area contributed by atoms with E-state index >= 15 is 0 Å². The normalized spacial score (nSPS) is 13.1. The van der Waals surface area contributed by atoms with Gasteiger partial charge in [0.1, 0.15) is 23.3 Å². The predicted octanol–water partition coefficient (Wildman–Crippen LogP) is 3.73. The molecule has 0 spiro atoms. The van der Waals surface area contributed by atoms with Gasteiger partial charge in [-0.05, 0) is 38.1 Å². The van der Waals surface area contributed by atoms with Crippen molar-refractivity contribution >= 4 is 22.3 Å². The number of nitrogens with zero attached hydrogens (tertiary/aromatic N) is 1. The van der Waals surface area contributed by atoms with Gasteiger partial charge in [0.15, 0.2) is 0 Å². The van der Waals surface area contributed by atoms with Crippen molar-refractivity contribution in [3.8, 4) is 0 Å². The van der Waals surface area contributed by atoms with Gasteiger partial charge >= 0.3 is 0 Å². The molecule has 5 heteroatoms. The molecule has 0 aliphatic rings. The standard InChI is InChI=1S/C14H12FNO2S/c1-7-14(19-8(2)16-7)13(17)12-6-9-5-10(15)3-4-11(9)18-12/h3-6,13,17H,1-2H3. The van der Waals surface area contributed by atoms with Gasteiger partial charge in [0, 0.05) is 5.39 Å². The molecule has 0 fully saturated rings. The number of furan rings is 1. The summed E-state index contributed by atoms with van der Waals surface area (Å²) >= 11 is 1.44. The van der Waals surface area contributed by atoms with E-state index in [1.165, 1.54) is 23.5 Å². The minimum Gasteiger partial charge on any atom is -0.458 e. The minimum atomic E-state index is -0.860. The van der Waals surface area contributed by atoms with Crippen LogP contribution in [0.3, 0.4) is 0 Å². The van der Waals surface area contributed by atoms with Gasteiger partial charge in [-0.3, -0.25) is 0 Å². The van der Waals surface area contributed by atoms with Crippen molar-refractivity contribution in [1.29, 1.82) is 0 Å². The number of fused-ring (bicyclic) bond motifs is 1. The van der Waals surface area contributed by atoms with Crippen molar-refractivity contribution in [2.75, 3.05) is 0 Å². The average Bonchev–Trinajstić information content (AvgIpc) is 2.91. The molecule has 1 unspecified atom stereocenters. The average molecular weight is 277 g/mol. The molecule has 0 amide bonds. The van der Waals surface area contributed by atoms with Crippen molar-refractivity contribution < 1.29 is 13.9 Å². The Hall–Kier alpha value is -1.72. The van der Waals surface area contributed by atoms with Crippen LogP contribution in [0, 0.1) is 19.7 Å². The number of aliphatic hydroxyl groups excluding tert-OH is 1. The van der Waals surface area contributed by atoms with Gasteiger partial charge in [0.25, 0.3) is 0 Å². The smallest absolute Gasteiger partial charge is 0.148 e. The molecule has 3 rings (SSSR count). The molecule has 0 saturated heterocycles. The number of halogens is 1. The van der Waals surface area contributed by atoms with Crippen LogP contribution in [0.2, 0.25) is 0 Å². The molecule has 1 N–H and O–H groups in total. The van der Waals surface area contributed by atoms with Crippen molar-refractivity contribution in [1.82, 2.24) is 4.98 Å². The maximum atomic E-state index is 13.1. The first kappa shape index (κ1) is 12.3. The fourth-order valence-electron chi connectivity index (χ4n) is 2.10. The minimum absolute atomic E-state index is 0.320. The Morgan fingerprint density at radius 1 is 1.32 bits per heavy atom. The summed E-state index contributed by atoms with van der Waals surface area (Å²) < 4.78 is 18.7. The van der Waals surface area contributed by atoms with E-state index in [1.807, 2.05) is 13.8 Å². The molecular formula is C14H12FNO2S. The molecule has 3 aromatic rings. The maximum Gasteiger partial charge on any atom is 0.148 e. The van der Waals surface area contributed by atoms with Gasteiger partial charge in [-0.15, -0.1) is 11.3 Å². The third-order valence-electron chi connectivity index (χ3n) is 2.95. The summed E-state index contributed by atoms with van der Waals surface area (Å²) in [5.74, 6) is 0.0894. The van der Waals surface area contributed by atoms with Gasteiger partial charge in [0.2, 0.25) is 0 Å². The summed E-state index contributed by atoms with van der Waals surface area (Å²) in [6.07, 6.45) is -0.860. The highest BCUT2D eigenvalue weighted by molar-refractivity contribution is 7.11. The molecule has 0 aliphatic carbocycles. The van der Waals surface area contributed by atoms with Crippen molar-refractivity contribution in [3.05, 3.63) is 51.4 Å². The van der Waals surface area contributed by atoms with Crippen LogP contribution in [0.4, 0.5) is 4.39 Å².